The molecule has 2 rings (SSSR count). The Morgan fingerprint density at radius 2 is 2.26 bits per heavy atom. The van der Waals surface area contributed by atoms with Gasteiger partial charge in [0.25, 0.3) is 5.91 Å². The Kier molecular flexibility index (Phi) is 4.80. The van der Waals surface area contributed by atoms with E-state index in [4.69, 9.17) is 23.2 Å². The molecular formula is C13H12Cl2N2OS. The summed E-state index contributed by atoms with van der Waals surface area (Å²) in [5.41, 5.74) is 1.60. The third kappa shape index (κ3) is 3.47. The Balaban J connectivity index is 2.07. The van der Waals surface area contributed by atoms with E-state index in [-0.39, 0.29) is 11.1 Å². The number of carbonyl (C=O) groups is 1. The average Bonchev–Trinajstić information content (AvgIpc) is 2.86. The highest BCUT2D eigenvalue weighted by atomic mass is 35.5. The van der Waals surface area contributed by atoms with Crippen molar-refractivity contribution in [2.45, 2.75) is 19.9 Å². The van der Waals surface area contributed by atoms with Crippen molar-refractivity contribution in [1.82, 2.24) is 10.3 Å². The number of nitrogens with one attached hydrogen (secondary N) is 1. The zero-order valence-electron chi connectivity index (χ0n) is 10.2. The molecule has 19 heavy (non-hydrogen) atoms. The van der Waals surface area contributed by atoms with Crippen LogP contribution in [-0.4, -0.2) is 10.9 Å². The van der Waals surface area contributed by atoms with Crippen LogP contribution in [0.2, 0.25) is 10.2 Å². The average molecular weight is 315 g/mol. The van der Waals surface area contributed by atoms with Crippen molar-refractivity contribution >= 4 is 40.4 Å². The molecule has 0 saturated carbocycles. The van der Waals surface area contributed by atoms with Gasteiger partial charge >= 0.3 is 0 Å². The lowest BCUT2D eigenvalue weighted by Gasteiger charge is -2.07. The summed E-state index contributed by atoms with van der Waals surface area (Å²) >= 11 is 13.3. The minimum Gasteiger partial charge on any atom is -0.347 e. The second kappa shape index (κ2) is 6.37. The molecule has 100 valence electrons. The van der Waals surface area contributed by atoms with Crippen LogP contribution in [0.15, 0.2) is 23.7 Å². The lowest BCUT2D eigenvalue weighted by atomic mass is 10.2. The van der Waals surface area contributed by atoms with Gasteiger partial charge in [-0.1, -0.05) is 30.1 Å². The molecule has 0 saturated heterocycles. The number of rotatable bonds is 4. The monoisotopic (exact) mass is 314 g/mol. The van der Waals surface area contributed by atoms with Gasteiger partial charge in [-0.3, -0.25) is 4.79 Å². The van der Waals surface area contributed by atoms with Gasteiger partial charge in [-0.2, -0.15) is 0 Å². The van der Waals surface area contributed by atoms with Crippen LogP contribution >= 0.6 is 34.5 Å². The van der Waals surface area contributed by atoms with Gasteiger partial charge in [-0.15, -0.1) is 11.3 Å². The van der Waals surface area contributed by atoms with Crippen LogP contribution in [0.25, 0.3) is 0 Å². The lowest BCUT2D eigenvalue weighted by molar-refractivity contribution is 0.0951. The Morgan fingerprint density at radius 3 is 3.00 bits per heavy atom. The van der Waals surface area contributed by atoms with Crippen LogP contribution < -0.4 is 5.32 Å². The van der Waals surface area contributed by atoms with Crippen LogP contribution in [0.4, 0.5) is 0 Å². The van der Waals surface area contributed by atoms with Crippen molar-refractivity contribution in [3.05, 3.63) is 49.9 Å². The van der Waals surface area contributed by atoms with E-state index in [1.54, 1.807) is 11.3 Å². The van der Waals surface area contributed by atoms with Crippen molar-refractivity contribution in [3.63, 3.8) is 0 Å². The van der Waals surface area contributed by atoms with E-state index in [9.17, 15) is 4.79 Å². The highest BCUT2D eigenvalue weighted by Gasteiger charge is 2.12. The Bertz CT molecular complexity index is 598. The summed E-state index contributed by atoms with van der Waals surface area (Å²) in [6.07, 6.45) is 2.33. The summed E-state index contributed by atoms with van der Waals surface area (Å²) in [5, 5.41) is 5.41. The van der Waals surface area contributed by atoms with Crippen molar-refractivity contribution in [3.8, 4) is 0 Å². The van der Waals surface area contributed by atoms with Gasteiger partial charge in [0.1, 0.15) is 5.15 Å². The minimum atomic E-state index is -0.246. The second-order valence-electron chi connectivity index (χ2n) is 3.89. The number of hydrogen-bond acceptors (Lipinski definition) is 3. The molecule has 2 heterocycles. The van der Waals surface area contributed by atoms with Crippen LogP contribution in [0.1, 0.15) is 27.7 Å². The maximum Gasteiger partial charge on any atom is 0.253 e. The molecule has 0 aromatic carbocycles. The smallest absolute Gasteiger partial charge is 0.253 e. The molecule has 2 aromatic heterocycles. The predicted octanol–water partition coefficient (Wildman–Crippen LogP) is 3.94. The van der Waals surface area contributed by atoms with E-state index < -0.39 is 0 Å². The number of amides is 1. The summed E-state index contributed by atoms with van der Waals surface area (Å²) in [6.45, 7) is 2.59. The maximum atomic E-state index is 12.0. The number of carbonyl (C=O) groups excluding carboxylic acids is 1. The molecule has 0 aliphatic carbocycles. The van der Waals surface area contributed by atoms with Crippen molar-refractivity contribution in [2.24, 2.45) is 0 Å². The Hall–Kier alpha value is -1.10. The van der Waals surface area contributed by atoms with E-state index in [0.717, 1.165) is 11.3 Å². The number of halogens is 2. The van der Waals surface area contributed by atoms with Gasteiger partial charge < -0.3 is 5.32 Å². The highest BCUT2D eigenvalue weighted by Crippen LogP contribution is 2.20. The summed E-state index contributed by atoms with van der Waals surface area (Å²) < 4.78 is 0. The van der Waals surface area contributed by atoms with E-state index in [1.807, 2.05) is 5.38 Å². The predicted molar refractivity (Wildman–Crippen MR) is 79.1 cm³/mol. The van der Waals surface area contributed by atoms with Crippen LogP contribution in [0.5, 0.6) is 0 Å². The Labute approximate surface area is 125 Å². The molecule has 2 aromatic rings. The largest absolute Gasteiger partial charge is 0.347 e. The lowest BCUT2D eigenvalue weighted by Crippen LogP contribution is -2.23. The molecule has 6 heteroatoms. The molecule has 0 bridgehead atoms. The number of nitrogens with zero attached hydrogens (tertiary/aromatic N) is 1. The zero-order chi connectivity index (χ0) is 13.8. The number of pyridine rings is 1. The number of hydrogen-bond donors (Lipinski definition) is 1. The topological polar surface area (TPSA) is 42.0 Å². The molecule has 0 spiro atoms. The van der Waals surface area contributed by atoms with E-state index >= 15 is 0 Å². The third-order valence-corrected chi connectivity index (χ3v) is 4.17. The normalized spacial score (nSPS) is 10.5. The first-order valence-electron chi connectivity index (χ1n) is 5.76. The van der Waals surface area contributed by atoms with E-state index in [1.165, 1.54) is 17.8 Å². The van der Waals surface area contributed by atoms with Gasteiger partial charge in [0.15, 0.2) is 0 Å². The van der Waals surface area contributed by atoms with E-state index in [0.29, 0.717) is 17.1 Å². The van der Waals surface area contributed by atoms with Gasteiger partial charge in [-0.05, 0) is 29.5 Å². The van der Waals surface area contributed by atoms with Crippen LogP contribution in [-0.2, 0) is 13.0 Å². The summed E-state index contributed by atoms with van der Waals surface area (Å²) in [6, 6.07) is 3.54. The molecule has 1 N–H and O–H groups in total. The standard InChI is InChI=1S/C13H12Cl2N2OS/c1-2-8-3-4-19-11(8)7-17-13(18)9-5-12(15)16-6-10(9)14/h3-6H,2,7H2,1H3,(H,17,18). The molecule has 0 unspecified atom stereocenters. The summed E-state index contributed by atoms with van der Waals surface area (Å²) in [5.74, 6) is -0.246. The van der Waals surface area contributed by atoms with E-state index in [2.05, 4.69) is 23.3 Å². The molecule has 0 fully saturated rings. The quantitative estimate of drug-likeness (QED) is 0.868. The van der Waals surface area contributed by atoms with Crippen molar-refractivity contribution in [2.75, 3.05) is 0 Å². The molecule has 0 aliphatic rings. The third-order valence-electron chi connectivity index (χ3n) is 2.69. The summed E-state index contributed by atoms with van der Waals surface area (Å²) in [7, 11) is 0. The van der Waals surface area contributed by atoms with Gasteiger partial charge in [-0.25, -0.2) is 4.98 Å². The highest BCUT2D eigenvalue weighted by molar-refractivity contribution is 7.10. The van der Waals surface area contributed by atoms with Crippen LogP contribution in [0, 0.1) is 0 Å². The number of aromatic nitrogens is 1. The SMILES string of the molecule is CCc1ccsc1CNC(=O)c1cc(Cl)ncc1Cl. The maximum absolute atomic E-state index is 12.0. The van der Waals surface area contributed by atoms with Gasteiger partial charge in [0, 0.05) is 11.1 Å². The minimum absolute atomic E-state index is 0.246. The molecular weight excluding hydrogens is 303 g/mol. The second-order valence-corrected chi connectivity index (χ2v) is 5.69. The number of aryl methyl sites for hydroxylation is 1. The molecule has 1 amide bonds. The summed E-state index contributed by atoms with van der Waals surface area (Å²) in [4.78, 5) is 17.0. The fraction of sp³-hybridized carbons (Fsp3) is 0.231. The first-order valence-corrected chi connectivity index (χ1v) is 7.40. The van der Waals surface area contributed by atoms with Gasteiger partial charge in [0.05, 0.1) is 17.1 Å². The zero-order valence-corrected chi connectivity index (χ0v) is 12.6. The first-order chi connectivity index (χ1) is 9.11. The van der Waals surface area contributed by atoms with Gasteiger partial charge in [0.2, 0.25) is 0 Å². The fourth-order valence-corrected chi connectivity index (χ4v) is 2.94. The number of thiophene rings is 1. The fourth-order valence-electron chi connectivity index (χ4n) is 1.68. The first kappa shape index (κ1) is 14.3. The van der Waals surface area contributed by atoms with Crippen LogP contribution in [0.3, 0.4) is 0 Å². The molecule has 3 nitrogen and oxygen atoms in total. The van der Waals surface area contributed by atoms with Crippen molar-refractivity contribution < 1.29 is 4.79 Å². The van der Waals surface area contributed by atoms with Crippen molar-refractivity contribution in [1.29, 1.82) is 0 Å². The molecule has 0 aliphatic heterocycles. The Morgan fingerprint density at radius 1 is 1.47 bits per heavy atom. The molecule has 0 radical (unpaired) electrons. The molecule has 0 atom stereocenters.